The second kappa shape index (κ2) is 9.60. The number of carbonyl (C=O) groups excluding carboxylic acids is 3. The Hall–Kier alpha value is -2.81. The predicted molar refractivity (Wildman–Crippen MR) is 107 cm³/mol. The van der Waals surface area contributed by atoms with Gasteiger partial charge in [0.25, 0.3) is 0 Å². The molecule has 0 aliphatic carbocycles. The molecule has 0 unspecified atom stereocenters. The third kappa shape index (κ3) is 5.83. The van der Waals surface area contributed by atoms with Gasteiger partial charge in [0.1, 0.15) is 0 Å². The number of likely N-dealkylation sites (tertiary alicyclic amines) is 1. The predicted octanol–water partition coefficient (Wildman–Crippen LogP) is 1.69. The fraction of sp³-hybridized carbons (Fsp3) is 0.550. The smallest absolute Gasteiger partial charge is 0.321 e. The van der Waals surface area contributed by atoms with Gasteiger partial charge in [0, 0.05) is 23.7 Å². The Labute approximate surface area is 170 Å². The van der Waals surface area contributed by atoms with Crippen molar-refractivity contribution in [1.82, 2.24) is 15.5 Å². The van der Waals surface area contributed by atoms with Crippen LogP contribution in [0.4, 0.5) is 10.5 Å². The first-order valence-corrected chi connectivity index (χ1v) is 9.97. The standard InChI is InChI=1S/C20H28N4O5/c1-3-13(2)21-20(27)23-18(25)11-24-8-6-14(7-9-24)19(26)22-15-4-5-16-17(10-15)29-12-28-16/h4-5,10,13-14H,3,6-9,11-12H2,1-2H3,(H,22,26)(H2,21,23,25,27)/t13-/m1/s1. The molecule has 3 rings (SSSR count). The number of rotatable bonds is 6. The van der Waals surface area contributed by atoms with Gasteiger partial charge in [-0.05, 0) is 51.4 Å². The summed E-state index contributed by atoms with van der Waals surface area (Å²) in [6.45, 7) is 5.42. The molecule has 4 amide bonds. The van der Waals surface area contributed by atoms with Crippen LogP contribution >= 0.6 is 0 Å². The van der Waals surface area contributed by atoms with Crippen LogP contribution in [-0.4, -0.2) is 55.2 Å². The monoisotopic (exact) mass is 404 g/mol. The van der Waals surface area contributed by atoms with Gasteiger partial charge >= 0.3 is 6.03 Å². The maximum atomic E-state index is 12.5. The number of fused-ring (bicyclic) bond motifs is 1. The number of imide groups is 1. The second-order valence-corrected chi connectivity index (χ2v) is 7.44. The van der Waals surface area contributed by atoms with Gasteiger partial charge in [-0.1, -0.05) is 6.92 Å². The van der Waals surface area contributed by atoms with Crippen molar-refractivity contribution in [2.24, 2.45) is 5.92 Å². The molecule has 0 spiro atoms. The molecular formula is C20H28N4O5. The highest BCUT2D eigenvalue weighted by atomic mass is 16.7. The summed E-state index contributed by atoms with van der Waals surface area (Å²) >= 11 is 0. The Bertz CT molecular complexity index is 761. The van der Waals surface area contributed by atoms with Crippen molar-refractivity contribution in [3.8, 4) is 11.5 Å². The minimum atomic E-state index is -0.470. The van der Waals surface area contributed by atoms with E-state index in [1.807, 2.05) is 18.7 Å². The largest absolute Gasteiger partial charge is 0.454 e. The molecule has 29 heavy (non-hydrogen) atoms. The molecule has 1 atom stereocenters. The summed E-state index contributed by atoms with van der Waals surface area (Å²) in [6.07, 6.45) is 2.11. The fourth-order valence-corrected chi connectivity index (χ4v) is 3.30. The number of hydrogen-bond donors (Lipinski definition) is 3. The molecule has 9 nitrogen and oxygen atoms in total. The first-order valence-electron chi connectivity index (χ1n) is 9.97. The lowest BCUT2D eigenvalue weighted by Gasteiger charge is -2.30. The lowest BCUT2D eigenvalue weighted by atomic mass is 9.96. The van der Waals surface area contributed by atoms with Gasteiger partial charge in [-0.2, -0.15) is 0 Å². The highest BCUT2D eigenvalue weighted by Crippen LogP contribution is 2.34. The van der Waals surface area contributed by atoms with E-state index in [2.05, 4.69) is 16.0 Å². The quantitative estimate of drug-likeness (QED) is 0.666. The van der Waals surface area contributed by atoms with Crippen LogP contribution in [0.3, 0.4) is 0 Å². The summed E-state index contributed by atoms with van der Waals surface area (Å²) in [5.41, 5.74) is 0.674. The van der Waals surface area contributed by atoms with Crippen molar-refractivity contribution in [2.45, 2.75) is 39.2 Å². The van der Waals surface area contributed by atoms with Crippen LogP contribution in [0.2, 0.25) is 0 Å². The SMILES string of the molecule is CC[C@@H](C)NC(=O)NC(=O)CN1CCC(C(=O)Nc2ccc3c(c2)OCO3)CC1. The maximum absolute atomic E-state index is 12.5. The zero-order valence-corrected chi connectivity index (χ0v) is 16.8. The van der Waals surface area contributed by atoms with E-state index in [-0.39, 0.29) is 37.1 Å². The number of piperidine rings is 1. The molecule has 1 aromatic rings. The van der Waals surface area contributed by atoms with Crippen molar-refractivity contribution in [1.29, 1.82) is 0 Å². The van der Waals surface area contributed by atoms with Crippen LogP contribution in [0.5, 0.6) is 11.5 Å². The number of benzene rings is 1. The zero-order chi connectivity index (χ0) is 20.8. The van der Waals surface area contributed by atoms with E-state index in [0.717, 1.165) is 6.42 Å². The molecule has 1 saturated heterocycles. The summed E-state index contributed by atoms with van der Waals surface area (Å²) in [5.74, 6) is 0.803. The lowest BCUT2D eigenvalue weighted by Crippen LogP contribution is -2.48. The molecule has 1 aromatic carbocycles. The molecule has 1 fully saturated rings. The average molecular weight is 404 g/mol. The summed E-state index contributed by atoms with van der Waals surface area (Å²) in [6, 6.07) is 4.86. The lowest BCUT2D eigenvalue weighted by molar-refractivity contribution is -0.122. The van der Waals surface area contributed by atoms with Gasteiger partial charge in [-0.15, -0.1) is 0 Å². The normalized spacial score (nSPS) is 17.4. The van der Waals surface area contributed by atoms with Crippen LogP contribution in [-0.2, 0) is 9.59 Å². The van der Waals surface area contributed by atoms with Gasteiger partial charge in [-0.3, -0.25) is 19.8 Å². The Morgan fingerprint density at radius 2 is 1.90 bits per heavy atom. The average Bonchev–Trinajstić information content (AvgIpc) is 3.16. The minimum Gasteiger partial charge on any atom is -0.454 e. The van der Waals surface area contributed by atoms with E-state index >= 15 is 0 Å². The number of urea groups is 1. The third-order valence-electron chi connectivity index (χ3n) is 5.21. The van der Waals surface area contributed by atoms with Crippen molar-refractivity contribution >= 4 is 23.5 Å². The number of hydrogen-bond acceptors (Lipinski definition) is 6. The van der Waals surface area contributed by atoms with Crippen molar-refractivity contribution < 1.29 is 23.9 Å². The van der Waals surface area contributed by atoms with Crippen molar-refractivity contribution in [3.05, 3.63) is 18.2 Å². The molecule has 2 aliphatic heterocycles. The fourth-order valence-electron chi connectivity index (χ4n) is 3.30. The van der Waals surface area contributed by atoms with Crippen LogP contribution in [0.25, 0.3) is 0 Å². The first-order chi connectivity index (χ1) is 13.9. The third-order valence-corrected chi connectivity index (χ3v) is 5.21. The number of carbonyl (C=O) groups is 3. The molecule has 158 valence electrons. The van der Waals surface area contributed by atoms with Gasteiger partial charge < -0.3 is 20.1 Å². The Morgan fingerprint density at radius 3 is 2.62 bits per heavy atom. The number of ether oxygens (including phenoxy) is 2. The molecule has 0 bridgehead atoms. The van der Waals surface area contributed by atoms with E-state index in [1.165, 1.54) is 0 Å². The van der Waals surface area contributed by atoms with Crippen LogP contribution in [0.15, 0.2) is 18.2 Å². The molecule has 3 N–H and O–H groups in total. The van der Waals surface area contributed by atoms with Crippen LogP contribution < -0.4 is 25.4 Å². The van der Waals surface area contributed by atoms with Gasteiger partial charge in [0.15, 0.2) is 11.5 Å². The van der Waals surface area contributed by atoms with E-state index in [4.69, 9.17) is 9.47 Å². The molecule has 2 heterocycles. The second-order valence-electron chi connectivity index (χ2n) is 7.44. The summed E-state index contributed by atoms with van der Waals surface area (Å²) in [5, 5.41) is 7.97. The van der Waals surface area contributed by atoms with Gasteiger partial charge in [0.2, 0.25) is 18.6 Å². The van der Waals surface area contributed by atoms with Crippen molar-refractivity contribution in [2.75, 3.05) is 31.7 Å². The minimum absolute atomic E-state index is 0.0156. The molecule has 0 aromatic heterocycles. The first kappa shape index (κ1) is 20.9. The molecule has 0 saturated carbocycles. The Morgan fingerprint density at radius 1 is 1.17 bits per heavy atom. The van der Waals surface area contributed by atoms with Crippen LogP contribution in [0.1, 0.15) is 33.1 Å². The number of nitrogens with one attached hydrogen (secondary N) is 3. The topological polar surface area (TPSA) is 109 Å². The molecular weight excluding hydrogens is 376 g/mol. The zero-order valence-electron chi connectivity index (χ0n) is 16.8. The number of anilines is 1. The summed E-state index contributed by atoms with van der Waals surface area (Å²) in [4.78, 5) is 38.2. The Balaban J connectivity index is 1.40. The van der Waals surface area contributed by atoms with E-state index in [1.54, 1.807) is 18.2 Å². The number of amides is 4. The van der Waals surface area contributed by atoms with E-state index in [0.29, 0.717) is 43.1 Å². The Kier molecular flexibility index (Phi) is 6.92. The maximum Gasteiger partial charge on any atom is 0.321 e. The van der Waals surface area contributed by atoms with Crippen molar-refractivity contribution in [3.63, 3.8) is 0 Å². The summed E-state index contributed by atoms with van der Waals surface area (Å²) < 4.78 is 10.6. The highest BCUT2D eigenvalue weighted by molar-refractivity contribution is 5.95. The van der Waals surface area contributed by atoms with E-state index in [9.17, 15) is 14.4 Å². The van der Waals surface area contributed by atoms with E-state index < -0.39 is 6.03 Å². The molecule has 2 aliphatic rings. The summed E-state index contributed by atoms with van der Waals surface area (Å²) in [7, 11) is 0. The number of nitrogens with zero attached hydrogens (tertiary/aromatic N) is 1. The van der Waals surface area contributed by atoms with Crippen LogP contribution in [0, 0.1) is 5.92 Å². The highest BCUT2D eigenvalue weighted by Gasteiger charge is 2.26. The van der Waals surface area contributed by atoms with Gasteiger partial charge in [0.05, 0.1) is 6.54 Å². The van der Waals surface area contributed by atoms with Gasteiger partial charge in [-0.25, -0.2) is 4.79 Å². The molecule has 0 radical (unpaired) electrons. The molecule has 9 heteroatoms.